The second-order valence-electron chi connectivity index (χ2n) is 3.85. The van der Waals surface area contributed by atoms with Crippen LogP contribution in [-0.4, -0.2) is 11.0 Å². The van der Waals surface area contributed by atoms with Gasteiger partial charge < -0.3 is 16.2 Å². The van der Waals surface area contributed by atoms with Gasteiger partial charge >= 0.3 is 0 Å². The average Bonchev–Trinajstić information content (AvgIpc) is 2.35. The number of hydrogen-bond acceptors (Lipinski definition) is 3. The lowest BCUT2D eigenvalue weighted by Crippen LogP contribution is -2.13. The molecule has 0 spiro atoms. The number of aromatic hydroxyl groups is 1. The van der Waals surface area contributed by atoms with Crippen LogP contribution in [-0.2, 0) is 0 Å². The minimum atomic E-state index is -0.585. The van der Waals surface area contributed by atoms with Crippen LogP contribution >= 0.6 is 11.6 Å². The molecule has 2 aromatic rings. The summed E-state index contributed by atoms with van der Waals surface area (Å²) < 4.78 is 12.9. The summed E-state index contributed by atoms with van der Waals surface area (Å²) in [5, 5.41) is 12.4. The summed E-state index contributed by atoms with van der Waals surface area (Å²) in [4.78, 5) is 11.9. The topological polar surface area (TPSA) is 75.3 Å². The van der Waals surface area contributed by atoms with Crippen molar-refractivity contribution in [2.24, 2.45) is 0 Å². The van der Waals surface area contributed by atoms with Crippen molar-refractivity contribution >= 4 is 28.9 Å². The van der Waals surface area contributed by atoms with Crippen molar-refractivity contribution in [1.29, 1.82) is 0 Å². The fourth-order valence-corrected chi connectivity index (χ4v) is 1.70. The summed E-state index contributed by atoms with van der Waals surface area (Å²) >= 11 is 5.75. The van der Waals surface area contributed by atoms with Crippen LogP contribution in [0, 0.1) is 5.82 Å². The van der Waals surface area contributed by atoms with E-state index in [1.54, 1.807) is 0 Å². The van der Waals surface area contributed by atoms with Crippen molar-refractivity contribution in [2.45, 2.75) is 0 Å². The van der Waals surface area contributed by atoms with Crippen LogP contribution in [0.25, 0.3) is 0 Å². The highest BCUT2D eigenvalue weighted by Gasteiger charge is 2.13. The number of hydrogen-bond donors (Lipinski definition) is 3. The van der Waals surface area contributed by atoms with Crippen LogP contribution < -0.4 is 11.1 Å². The number of carbonyl (C=O) groups is 1. The van der Waals surface area contributed by atoms with Gasteiger partial charge in [0, 0.05) is 5.02 Å². The minimum Gasteiger partial charge on any atom is -0.507 e. The van der Waals surface area contributed by atoms with Gasteiger partial charge in [0.25, 0.3) is 5.91 Å². The van der Waals surface area contributed by atoms with Gasteiger partial charge in [-0.2, -0.15) is 0 Å². The molecule has 0 aromatic heterocycles. The fourth-order valence-electron chi connectivity index (χ4n) is 1.53. The lowest BCUT2D eigenvalue weighted by molar-refractivity contribution is 0.102. The van der Waals surface area contributed by atoms with E-state index in [9.17, 15) is 14.3 Å². The quantitative estimate of drug-likeness (QED) is 0.740. The molecule has 1 amide bonds. The SMILES string of the molecule is Nc1cc(F)ccc1NC(=O)c1cc(Cl)ccc1O. The maximum Gasteiger partial charge on any atom is 0.259 e. The van der Waals surface area contributed by atoms with E-state index in [2.05, 4.69) is 5.32 Å². The van der Waals surface area contributed by atoms with Crippen molar-refractivity contribution in [2.75, 3.05) is 11.1 Å². The number of rotatable bonds is 2. The van der Waals surface area contributed by atoms with Gasteiger partial charge in [0.15, 0.2) is 0 Å². The molecular formula is C13H10ClFN2O2. The molecule has 0 radical (unpaired) electrons. The normalized spacial score (nSPS) is 10.2. The Hall–Kier alpha value is -2.27. The van der Waals surface area contributed by atoms with E-state index in [1.807, 2.05) is 0 Å². The van der Waals surface area contributed by atoms with Crippen LogP contribution in [0.15, 0.2) is 36.4 Å². The molecule has 0 aliphatic carbocycles. The Kier molecular flexibility index (Phi) is 3.57. The van der Waals surface area contributed by atoms with Crippen molar-refractivity contribution in [1.82, 2.24) is 0 Å². The Balaban J connectivity index is 2.28. The Morgan fingerprint density at radius 2 is 2.00 bits per heavy atom. The van der Waals surface area contributed by atoms with Gasteiger partial charge in [-0.25, -0.2) is 4.39 Å². The molecule has 4 nitrogen and oxygen atoms in total. The molecule has 0 bridgehead atoms. The first-order chi connectivity index (χ1) is 8.97. The number of phenols is 1. The maximum atomic E-state index is 12.9. The molecule has 4 N–H and O–H groups in total. The largest absolute Gasteiger partial charge is 0.507 e. The molecule has 2 aromatic carbocycles. The summed E-state index contributed by atoms with van der Waals surface area (Å²) in [6.07, 6.45) is 0. The molecule has 0 aliphatic heterocycles. The number of benzene rings is 2. The molecule has 2 rings (SSSR count). The van der Waals surface area contributed by atoms with E-state index in [-0.39, 0.29) is 22.7 Å². The predicted molar refractivity (Wildman–Crippen MR) is 71.9 cm³/mol. The van der Waals surface area contributed by atoms with E-state index in [0.717, 1.165) is 6.07 Å². The van der Waals surface area contributed by atoms with E-state index >= 15 is 0 Å². The van der Waals surface area contributed by atoms with Crippen LogP contribution in [0.5, 0.6) is 5.75 Å². The minimum absolute atomic E-state index is 0.0104. The van der Waals surface area contributed by atoms with Gasteiger partial charge in [0.05, 0.1) is 16.9 Å². The fraction of sp³-hybridized carbons (Fsp3) is 0. The van der Waals surface area contributed by atoms with Gasteiger partial charge in [0.2, 0.25) is 0 Å². The van der Waals surface area contributed by atoms with Gasteiger partial charge in [-0.05, 0) is 36.4 Å². The van der Waals surface area contributed by atoms with Gasteiger partial charge in [-0.15, -0.1) is 0 Å². The van der Waals surface area contributed by atoms with Crippen molar-refractivity contribution in [3.63, 3.8) is 0 Å². The number of halogens is 2. The Morgan fingerprint density at radius 3 is 2.68 bits per heavy atom. The molecule has 0 unspecified atom stereocenters. The summed E-state index contributed by atoms with van der Waals surface area (Å²) in [5.74, 6) is -1.29. The van der Waals surface area contributed by atoms with E-state index in [0.29, 0.717) is 5.02 Å². The van der Waals surface area contributed by atoms with E-state index in [1.165, 1.54) is 30.3 Å². The van der Waals surface area contributed by atoms with Crippen LogP contribution in [0.2, 0.25) is 5.02 Å². The van der Waals surface area contributed by atoms with Crippen molar-refractivity contribution in [3.05, 3.63) is 52.8 Å². The second kappa shape index (κ2) is 5.16. The Bertz CT molecular complexity index is 647. The first-order valence-electron chi connectivity index (χ1n) is 5.32. The number of amides is 1. The third-order valence-corrected chi connectivity index (χ3v) is 2.70. The molecule has 0 atom stereocenters. The second-order valence-corrected chi connectivity index (χ2v) is 4.28. The Morgan fingerprint density at radius 1 is 1.26 bits per heavy atom. The summed E-state index contributed by atoms with van der Waals surface area (Å²) in [7, 11) is 0. The average molecular weight is 281 g/mol. The molecule has 0 aliphatic rings. The van der Waals surface area contributed by atoms with Gasteiger partial charge in [-0.1, -0.05) is 11.6 Å². The van der Waals surface area contributed by atoms with Crippen LogP contribution in [0.3, 0.4) is 0 Å². The predicted octanol–water partition coefficient (Wildman–Crippen LogP) is 3.02. The standard InChI is InChI=1S/C13H10ClFN2O2/c14-7-1-4-12(18)9(5-7)13(19)17-11-3-2-8(15)6-10(11)16/h1-6,18H,16H2,(H,17,19). The maximum absolute atomic E-state index is 12.9. The zero-order valence-corrected chi connectivity index (χ0v) is 10.4. The third kappa shape index (κ3) is 2.95. The number of nitrogens with one attached hydrogen (secondary N) is 1. The highest BCUT2D eigenvalue weighted by atomic mass is 35.5. The van der Waals surface area contributed by atoms with E-state index < -0.39 is 11.7 Å². The molecule has 6 heteroatoms. The summed E-state index contributed by atoms with van der Waals surface area (Å²) in [6.45, 7) is 0. The molecule has 0 saturated heterocycles. The van der Waals surface area contributed by atoms with Crippen molar-refractivity contribution in [3.8, 4) is 5.75 Å². The number of nitrogen functional groups attached to an aromatic ring is 1. The summed E-state index contributed by atoms with van der Waals surface area (Å²) in [6, 6.07) is 7.69. The monoisotopic (exact) mass is 280 g/mol. The summed E-state index contributed by atoms with van der Waals surface area (Å²) in [5.41, 5.74) is 5.93. The lowest BCUT2D eigenvalue weighted by atomic mass is 10.1. The van der Waals surface area contributed by atoms with Gasteiger partial charge in [0.1, 0.15) is 11.6 Å². The smallest absolute Gasteiger partial charge is 0.259 e. The lowest BCUT2D eigenvalue weighted by Gasteiger charge is -2.09. The highest BCUT2D eigenvalue weighted by Crippen LogP contribution is 2.24. The number of carbonyl (C=O) groups excluding carboxylic acids is 1. The number of anilines is 2. The molecule has 19 heavy (non-hydrogen) atoms. The number of nitrogens with two attached hydrogens (primary N) is 1. The molecule has 0 saturated carbocycles. The third-order valence-electron chi connectivity index (χ3n) is 2.47. The molecular weight excluding hydrogens is 271 g/mol. The van der Waals surface area contributed by atoms with Crippen molar-refractivity contribution < 1.29 is 14.3 Å². The highest BCUT2D eigenvalue weighted by molar-refractivity contribution is 6.31. The van der Waals surface area contributed by atoms with Crippen LogP contribution in [0.4, 0.5) is 15.8 Å². The van der Waals surface area contributed by atoms with E-state index in [4.69, 9.17) is 17.3 Å². The number of phenolic OH excluding ortho intramolecular Hbond substituents is 1. The molecule has 0 fully saturated rings. The van der Waals surface area contributed by atoms with Crippen LogP contribution in [0.1, 0.15) is 10.4 Å². The zero-order chi connectivity index (χ0) is 14.0. The van der Waals surface area contributed by atoms with Gasteiger partial charge in [-0.3, -0.25) is 4.79 Å². The molecule has 0 heterocycles. The zero-order valence-electron chi connectivity index (χ0n) is 9.65. The first-order valence-corrected chi connectivity index (χ1v) is 5.70. The molecule has 98 valence electrons. The first kappa shape index (κ1) is 13.2. The Labute approximate surface area is 113 Å².